The maximum Gasteiger partial charge on any atom is 0.287 e. The topological polar surface area (TPSA) is 59.1 Å². The average molecular weight is 533 g/mol. The number of rotatable bonds is 6. The highest BCUT2D eigenvalue weighted by atomic mass is 32.1. The van der Waals surface area contributed by atoms with Crippen molar-refractivity contribution in [3.05, 3.63) is 82.6 Å². The Morgan fingerprint density at radius 1 is 0.757 bits per heavy atom. The maximum absolute atomic E-state index is 12.5. The molecule has 37 heavy (non-hydrogen) atoms. The highest BCUT2D eigenvalue weighted by Gasteiger charge is 2.16. The Balaban J connectivity index is 0.000000586. The molecule has 1 amide bonds. The van der Waals surface area contributed by atoms with E-state index in [1.165, 1.54) is 34.8 Å². The summed E-state index contributed by atoms with van der Waals surface area (Å²) in [5.74, 6) is -0.158. The van der Waals surface area contributed by atoms with Crippen LogP contribution in [0.25, 0.3) is 42.4 Å². The van der Waals surface area contributed by atoms with Crippen molar-refractivity contribution in [2.75, 3.05) is 35.4 Å². The van der Waals surface area contributed by atoms with Crippen LogP contribution >= 0.6 is 22.7 Å². The molecule has 3 aromatic carbocycles. The molecule has 5 rings (SSSR count). The zero-order valence-electron chi connectivity index (χ0n) is 21.3. The number of thiophene rings is 2. The Kier molecular flexibility index (Phi) is 8.48. The minimum Gasteiger partial charge on any atom is -0.303 e. The molecule has 0 saturated heterocycles. The van der Waals surface area contributed by atoms with Gasteiger partial charge in [-0.2, -0.15) is 5.06 Å². The van der Waals surface area contributed by atoms with Gasteiger partial charge in [0.25, 0.3) is 5.91 Å². The van der Waals surface area contributed by atoms with Gasteiger partial charge in [-0.15, -0.1) is 22.7 Å². The molecule has 0 radical (unpaired) electrons. The number of hydrogen-bond acceptors (Lipinski definition) is 7. The molecule has 190 valence electrons. The van der Waals surface area contributed by atoms with Gasteiger partial charge in [-0.25, -0.2) is 5.06 Å². The summed E-state index contributed by atoms with van der Waals surface area (Å²) in [6, 6.07) is 24.7. The molecule has 5 aromatic rings. The normalized spacial score (nSPS) is 11.0. The molecular weight excluding hydrogens is 504 g/mol. The average Bonchev–Trinajstić information content (AvgIpc) is 3.55. The first-order valence-electron chi connectivity index (χ1n) is 11.5. The number of benzene rings is 3. The number of hydrogen-bond donors (Lipinski definition) is 0. The van der Waals surface area contributed by atoms with Crippen molar-refractivity contribution in [2.24, 2.45) is 0 Å². The lowest BCUT2D eigenvalue weighted by atomic mass is 9.94. The van der Waals surface area contributed by atoms with E-state index in [-0.39, 0.29) is 5.91 Å². The van der Waals surface area contributed by atoms with Gasteiger partial charge < -0.3 is 4.84 Å². The van der Waals surface area contributed by atoms with Crippen LogP contribution in [0.3, 0.4) is 0 Å². The molecule has 0 aliphatic heterocycles. The second-order valence-electron chi connectivity index (χ2n) is 8.41. The van der Waals surface area contributed by atoms with E-state index in [0.717, 1.165) is 53.6 Å². The summed E-state index contributed by atoms with van der Waals surface area (Å²) >= 11 is 2.97. The minimum atomic E-state index is -0.158. The summed E-state index contributed by atoms with van der Waals surface area (Å²) in [5, 5.41) is 4.97. The van der Waals surface area contributed by atoms with E-state index in [1.807, 2.05) is 38.4 Å². The van der Waals surface area contributed by atoms with E-state index in [1.54, 1.807) is 19.2 Å². The van der Waals surface area contributed by atoms with Crippen molar-refractivity contribution >= 4 is 55.0 Å². The van der Waals surface area contributed by atoms with E-state index in [9.17, 15) is 9.59 Å². The van der Waals surface area contributed by atoms with Crippen LogP contribution in [0.15, 0.2) is 72.8 Å². The Morgan fingerprint density at radius 3 is 1.81 bits per heavy atom. The van der Waals surface area contributed by atoms with Crippen LogP contribution in [-0.2, 0) is 9.68 Å². The van der Waals surface area contributed by atoms with Gasteiger partial charge in [-0.3, -0.25) is 14.4 Å². The number of fused-ring (bicyclic) bond motifs is 2. The molecule has 0 N–H and O–H groups in total. The van der Waals surface area contributed by atoms with Gasteiger partial charge in [-0.05, 0) is 57.3 Å². The van der Waals surface area contributed by atoms with Crippen molar-refractivity contribution in [1.82, 2.24) is 10.1 Å². The zero-order chi connectivity index (χ0) is 26.5. The van der Waals surface area contributed by atoms with Gasteiger partial charge in [0.05, 0.1) is 24.0 Å². The van der Waals surface area contributed by atoms with Gasteiger partial charge in [0.2, 0.25) is 0 Å². The molecule has 6 nitrogen and oxygen atoms in total. The number of aldehydes is 1. The fraction of sp³-hybridized carbons (Fsp3) is 0.172. The molecule has 0 fully saturated rings. The van der Waals surface area contributed by atoms with Crippen molar-refractivity contribution in [3.8, 4) is 22.3 Å². The van der Waals surface area contributed by atoms with Gasteiger partial charge in [-0.1, -0.05) is 48.5 Å². The van der Waals surface area contributed by atoms with Gasteiger partial charge >= 0.3 is 0 Å². The molecule has 0 aliphatic rings. The van der Waals surface area contributed by atoms with Crippen LogP contribution in [0, 0.1) is 0 Å². The minimum absolute atomic E-state index is 0.158. The van der Waals surface area contributed by atoms with Crippen LogP contribution in [0.4, 0.5) is 0 Å². The van der Waals surface area contributed by atoms with Crippen LogP contribution in [0.5, 0.6) is 0 Å². The molecular formula is C29H28N2O4S2. The number of nitrogens with zero attached hydrogens (tertiary/aromatic N) is 2. The molecule has 8 heteroatoms. The van der Waals surface area contributed by atoms with E-state index in [4.69, 9.17) is 4.84 Å². The van der Waals surface area contributed by atoms with Crippen molar-refractivity contribution in [1.29, 1.82) is 0 Å². The van der Waals surface area contributed by atoms with E-state index in [0.29, 0.717) is 4.88 Å². The number of carbonyl (C=O) groups excluding carboxylic acids is 2. The van der Waals surface area contributed by atoms with Crippen molar-refractivity contribution < 1.29 is 19.3 Å². The summed E-state index contributed by atoms with van der Waals surface area (Å²) in [7, 11) is 8.38. The second kappa shape index (κ2) is 11.8. The molecule has 2 aromatic heterocycles. The Morgan fingerprint density at radius 2 is 1.30 bits per heavy atom. The van der Waals surface area contributed by atoms with Crippen molar-refractivity contribution in [3.63, 3.8) is 0 Å². The standard InChI is InChI=1S/C26H19NO3S2.C3H9NO/c1-27(30-2)26(29)25-14-19-10-8-17(13-24(19)32-25)22-6-4-3-5-21(22)16-7-9-18-11-20(15-28)31-23(18)12-16;1-4(2)5-3/h3-15H,1-2H3;1-3H3. The fourth-order valence-corrected chi connectivity index (χ4v) is 5.79. The Hall–Kier alpha value is -3.40. The second-order valence-corrected chi connectivity index (χ2v) is 10.6. The highest BCUT2D eigenvalue weighted by Crippen LogP contribution is 2.37. The first-order chi connectivity index (χ1) is 17.8. The van der Waals surface area contributed by atoms with Gasteiger partial charge in [0, 0.05) is 30.5 Å². The predicted molar refractivity (Wildman–Crippen MR) is 153 cm³/mol. The van der Waals surface area contributed by atoms with E-state index < -0.39 is 0 Å². The van der Waals surface area contributed by atoms with E-state index in [2.05, 4.69) is 53.4 Å². The SMILES string of the molecule is CON(C)C.CON(C)C(=O)c1cc2ccc(-c3ccccc3-c3ccc4cc(C=O)sc4c3)cc2s1. The van der Waals surface area contributed by atoms with Crippen LogP contribution in [0.2, 0.25) is 0 Å². The third kappa shape index (κ3) is 5.95. The van der Waals surface area contributed by atoms with Gasteiger partial charge in [0.1, 0.15) is 0 Å². The maximum atomic E-state index is 12.5. The predicted octanol–water partition coefficient (Wildman–Crippen LogP) is 7.01. The molecule has 0 aliphatic carbocycles. The highest BCUT2D eigenvalue weighted by molar-refractivity contribution is 7.21. The number of carbonyl (C=O) groups is 2. The lowest BCUT2D eigenvalue weighted by Gasteiger charge is -2.11. The summed E-state index contributed by atoms with van der Waals surface area (Å²) in [4.78, 5) is 34.6. The van der Waals surface area contributed by atoms with Crippen LogP contribution in [0.1, 0.15) is 19.3 Å². The third-order valence-corrected chi connectivity index (χ3v) is 7.97. The fourth-order valence-electron chi connectivity index (χ4n) is 3.81. The first-order valence-corrected chi connectivity index (χ1v) is 13.1. The van der Waals surface area contributed by atoms with Crippen LogP contribution in [-0.4, -0.2) is 57.7 Å². The molecule has 2 heterocycles. The summed E-state index contributed by atoms with van der Waals surface area (Å²) in [6.45, 7) is 0. The molecule has 0 unspecified atom stereocenters. The largest absolute Gasteiger partial charge is 0.303 e. The molecule has 0 spiro atoms. The Bertz CT molecular complexity index is 1550. The summed E-state index contributed by atoms with van der Waals surface area (Å²) < 4.78 is 2.15. The number of hydroxylamine groups is 4. The lowest BCUT2D eigenvalue weighted by molar-refractivity contribution is -0.0855. The zero-order valence-corrected chi connectivity index (χ0v) is 23.0. The van der Waals surface area contributed by atoms with Crippen LogP contribution < -0.4 is 0 Å². The summed E-state index contributed by atoms with van der Waals surface area (Å²) in [6.07, 6.45) is 0.901. The molecule has 0 bridgehead atoms. The lowest BCUT2D eigenvalue weighted by Crippen LogP contribution is -2.24. The van der Waals surface area contributed by atoms with E-state index >= 15 is 0 Å². The van der Waals surface area contributed by atoms with Gasteiger partial charge in [0.15, 0.2) is 6.29 Å². The Labute approximate surface area is 224 Å². The summed E-state index contributed by atoms with van der Waals surface area (Å²) in [5.41, 5.74) is 4.45. The molecule has 0 saturated carbocycles. The number of amides is 1. The third-order valence-electron chi connectivity index (χ3n) is 5.86. The first kappa shape index (κ1) is 26.7. The molecule has 0 atom stereocenters. The monoisotopic (exact) mass is 532 g/mol. The van der Waals surface area contributed by atoms with Crippen molar-refractivity contribution in [2.45, 2.75) is 0 Å². The smallest absolute Gasteiger partial charge is 0.287 e. The quantitative estimate of drug-likeness (QED) is 0.174.